The monoisotopic (exact) mass is 269 g/mol. The van der Waals surface area contributed by atoms with Crippen LogP contribution in [0.4, 0.5) is 0 Å². The molecule has 112 valence electrons. The quantitative estimate of drug-likeness (QED) is 0.208. The number of hydrogen-bond acceptors (Lipinski definition) is 3. The zero-order chi connectivity index (χ0) is 14.3. The Morgan fingerprint density at radius 1 is 1.37 bits per heavy atom. The predicted molar refractivity (Wildman–Crippen MR) is 80.5 cm³/mol. The average Bonchev–Trinajstić information content (AvgIpc) is 2.90. The first-order valence-corrected chi connectivity index (χ1v) is 7.69. The van der Waals surface area contributed by atoms with Crippen molar-refractivity contribution in [2.75, 3.05) is 6.54 Å². The summed E-state index contributed by atoms with van der Waals surface area (Å²) in [5.41, 5.74) is 5.48. The fraction of sp³-hybridized carbons (Fsp3) is 0.933. The Kier molecular flexibility index (Phi) is 6.63. The summed E-state index contributed by atoms with van der Waals surface area (Å²) in [6, 6.07) is 0.652. The zero-order valence-electron chi connectivity index (χ0n) is 12.8. The van der Waals surface area contributed by atoms with Crippen molar-refractivity contribution in [3.63, 3.8) is 0 Å². The highest BCUT2D eigenvalue weighted by atomic mass is 16.4. The van der Waals surface area contributed by atoms with Gasteiger partial charge in [-0.2, -0.15) is 0 Å². The highest BCUT2D eigenvalue weighted by molar-refractivity contribution is 5.85. The minimum atomic E-state index is -0.203. The van der Waals surface area contributed by atoms with Gasteiger partial charge in [-0.1, -0.05) is 38.3 Å². The summed E-state index contributed by atoms with van der Waals surface area (Å²) in [5.74, 6) is 1.22. The molecule has 1 aliphatic carbocycles. The van der Waals surface area contributed by atoms with Crippen molar-refractivity contribution in [2.24, 2.45) is 22.2 Å². The lowest BCUT2D eigenvalue weighted by Crippen LogP contribution is -2.34. The van der Waals surface area contributed by atoms with Gasteiger partial charge in [0.2, 0.25) is 0 Å². The normalized spacial score (nSPS) is 19.8. The number of unbranched alkanes of at least 4 members (excludes halogenated alkanes) is 1. The van der Waals surface area contributed by atoms with Crippen LogP contribution < -0.4 is 11.1 Å². The second kappa shape index (κ2) is 7.73. The van der Waals surface area contributed by atoms with Gasteiger partial charge in [-0.25, -0.2) is 0 Å². The molecule has 4 N–H and O–H groups in total. The number of oxime groups is 1. The molecule has 1 fully saturated rings. The molecule has 0 bridgehead atoms. The molecule has 1 saturated carbocycles. The van der Waals surface area contributed by atoms with E-state index in [4.69, 9.17) is 10.9 Å². The third-order valence-corrected chi connectivity index (χ3v) is 4.60. The van der Waals surface area contributed by atoms with E-state index < -0.39 is 0 Å². The maximum Gasteiger partial charge on any atom is 0.144 e. The minimum absolute atomic E-state index is 0.203. The van der Waals surface area contributed by atoms with E-state index in [0.717, 1.165) is 31.7 Å². The summed E-state index contributed by atoms with van der Waals surface area (Å²) >= 11 is 0. The van der Waals surface area contributed by atoms with Gasteiger partial charge in [-0.3, -0.25) is 0 Å². The van der Waals surface area contributed by atoms with E-state index in [-0.39, 0.29) is 5.41 Å². The number of nitrogens with two attached hydrogens (primary N) is 1. The molecule has 0 radical (unpaired) electrons. The van der Waals surface area contributed by atoms with E-state index >= 15 is 0 Å². The number of nitrogens with one attached hydrogen (secondary N) is 1. The number of rotatable bonds is 8. The van der Waals surface area contributed by atoms with Crippen LogP contribution in [-0.4, -0.2) is 23.6 Å². The molecule has 0 heterocycles. The summed E-state index contributed by atoms with van der Waals surface area (Å²) in [7, 11) is 0. The van der Waals surface area contributed by atoms with E-state index in [1.807, 2.05) is 13.8 Å². The lowest BCUT2D eigenvalue weighted by molar-refractivity contribution is 0.303. The van der Waals surface area contributed by atoms with Gasteiger partial charge in [-0.15, -0.1) is 0 Å². The Hall–Kier alpha value is -0.770. The summed E-state index contributed by atoms with van der Waals surface area (Å²) in [6.45, 7) is 7.44. The van der Waals surface area contributed by atoms with Crippen LogP contribution in [0.25, 0.3) is 0 Å². The number of hydrogen-bond donors (Lipinski definition) is 3. The molecule has 4 nitrogen and oxygen atoms in total. The third kappa shape index (κ3) is 5.39. The second-order valence-electron chi connectivity index (χ2n) is 6.61. The van der Waals surface area contributed by atoms with Gasteiger partial charge in [0.1, 0.15) is 5.84 Å². The largest absolute Gasteiger partial charge is 0.409 e. The van der Waals surface area contributed by atoms with Gasteiger partial charge in [0.25, 0.3) is 0 Å². The first-order chi connectivity index (χ1) is 8.97. The first-order valence-electron chi connectivity index (χ1n) is 7.69. The van der Waals surface area contributed by atoms with E-state index in [1.54, 1.807) is 0 Å². The molecule has 1 rings (SSSR count). The summed E-state index contributed by atoms with van der Waals surface area (Å²) in [4.78, 5) is 0. The summed E-state index contributed by atoms with van der Waals surface area (Å²) in [6.07, 6.45) is 8.82. The fourth-order valence-electron chi connectivity index (χ4n) is 2.91. The number of amidine groups is 1. The lowest BCUT2D eigenvalue weighted by atomic mass is 9.86. The Labute approximate surface area is 117 Å². The van der Waals surface area contributed by atoms with E-state index in [0.29, 0.717) is 11.9 Å². The van der Waals surface area contributed by atoms with Crippen molar-refractivity contribution in [1.82, 2.24) is 5.32 Å². The molecular weight excluding hydrogens is 238 g/mol. The fourth-order valence-corrected chi connectivity index (χ4v) is 2.91. The molecule has 1 aliphatic rings. The Balaban J connectivity index is 2.10. The molecular formula is C15H31N3O. The molecule has 1 unspecified atom stereocenters. The zero-order valence-corrected chi connectivity index (χ0v) is 12.8. The second-order valence-corrected chi connectivity index (χ2v) is 6.61. The maximum absolute atomic E-state index is 8.72. The van der Waals surface area contributed by atoms with Gasteiger partial charge >= 0.3 is 0 Å². The van der Waals surface area contributed by atoms with Crippen LogP contribution >= 0.6 is 0 Å². The third-order valence-electron chi connectivity index (χ3n) is 4.60. The minimum Gasteiger partial charge on any atom is -0.409 e. The lowest BCUT2D eigenvalue weighted by Gasteiger charge is -2.23. The van der Waals surface area contributed by atoms with Crippen molar-refractivity contribution in [3.8, 4) is 0 Å². The maximum atomic E-state index is 8.72. The molecule has 0 saturated heterocycles. The van der Waals surface area contributed by atoms with Crippen molar-refractivity contribution in [2.45, 2.75) is 71.8 Å². The highest BCUT2D eigenvalue weighted by Crippen LogP contribution is 2.27. The smallest absolute Gasteiger partial charge is 0.144 e. The molecule has 4 heteroatoms. The van der Waals surface area contributed by atoms with Crippen LogP contribution in [0.5, 0.6) is 0 Å². The van der Waals surface area contributed by atoms with E-state index in [1.165, 1.54) is 25.7 Å². The van der Waals surface area contributed by atoms with Crippen molar-refractivity contribution in [1.29, 1.82) is 0 Å². The van der Waals surface area contributed by atoms with Crippen LogP contribution in [0.1, 0.15) is 65.7 Å². The first kappa shape index (κ1) is 16.3. The van der Waals surface area contributed by atoms with Crippen molar-refractivity contribution >= 4 is 5.84 Å². The van der Waals surface area contributed by atoms with Crippen molar-refractivity contribution < 1.29 is 5.21 Å². The topological polar surface area (TPSA) is 70.6 Å². The molecule has 0 aromatic heterocycles. The highest BCUT2D eigenvalue weighted by Gasteiger charge is 2.23. The van der Waals surface area contributed by atoms with Crippen molar-refractivity contribution in [3.05, 3.63) is 0 Å². The Bertz CT molecular complexity index is 283. The predicted octanol–water partition coefficient (Wildman–Crippen LogP) is 3.10. The SMILES string of the molecule is CC(NCCCCC(C)(C)C(N)=NO)C1CCCC1. The standard InChI is InChI=1S/C15H31N3O/c1-12(13-8-4-5-9-13)17-11-7-6-10-15(2,3)14(16)18-19/h12-13,17,19H,4-11H2,1-3H3,(H2,16,18). The molecule has 1 atom stereocenters. The number of nitrogens with zero attached hydrogens (tertiary/aromatic N) is 1. The molecule has 0 aromatic rings. The van der Waals surface area contributed by atoms with Gasteiger partial charge in [0, 0.05) is 11.5 Å². The van der Waals surface area contributed by atoms with Crippen LogP contribution in [0, 0.1) is 11.3 Å². The summed E-state index contributed by atoms with van der Waals surface area (Å²) in [5, 5.41) is 15.5. The Morgan fingerprint density at radius 2 is 2.00 bits per heavy atom. The molecule has 0 aromatic carbocycles. The summed E-state index contributed by atoms with van der Waals surface area (Å²) < 4.78 is 0. The van der Waals surface area contributed by atoms with Gasteiger partial charge in [0.05, 0.1) is 0 Å². The van der Waals surface area contributed by atoms with Gasteiger partial charge < -0.3 is 16.3 Å². The average molecular weight is 269 g/mol. The van der Waals surface area contributed by atoms with Gasteiger partial charge in [-0.05, 0) is 45.1 Å². The molecule has 19 heavy (non-hydrogen) atoms. The van der Waals surface area contributed by atoms with E-state index in [2.05, 4.69) is 17.4 Å². The molecule has 0 amide bonds. The van der Waals surface area contributed by atoms with Crippen LogP contribution in [-0.2, 0) is 0 Å². The van der Waals surface area contributed by atoms with E-state index in [9.17, 15) is 0 Å². The van der Waals surface area contributed by atoms with Crippen LogP contribution in [0.2, 0.25) is 0 Å². The van der Waals surface area contributed by atoms with Gasteiger partial charge in [0.15, 0.2) is 0 Å². The molecule has 0 aliphatic heterocycles. The van der Waals surface area contributed by atoms with Crippen LogP contribution in [0.3, 0.4) is 0 Å². The molecule has 0 spiro atoms. The van der Waals surface area contributed by atoms with Crippen LogP contribution in [0.15, 0.2) is 5.16 Å². The Morgan fingerprint density at radius 3 is 2.58 bits per heavy atom.